The van der Waals surface area contributed by atoms with Crippen LogP contribution in [0, 0.1) is 0 Å². The number of aldehydes is 1. The molecule has 1 atom stereocenters. The third-order valence-electron chi connectivity index (χ3n) is 3.44. The summed E-state index contributed by atoms with van der Waals surface area (Å²) in [5, 5.41) is 7.89. The molecule has 1 aliphatic heterocycles. The smallest absolute Gasteiger partial charge is 0.254 e. The van der Waals surface area contributed by atoms with Crippen LogP contribution in [0.1, 0.15) is 47.4 Å². The zero-order valence-corrected chi connectivity index (χ0v) is 13.0. The summed E-state index contributed by atoms with van der Waals surface area (Å²) in [4.78, 5) is 46.7. The first-order valence-corrected chi connectivity index (χ1v) is 7.41. The Bertz CT molecular complexity index is 655. The normalized spacial score (nSPS) is 17.6. The van der Waals surface area contributed by atoms with E-state index in [1.807, 2.05) is 13.8 Å². The number of benzene rings is 1. The minimum Gasteiger partial charge on any atom is -0.382 e. The second kappa shape index (κ2) is 7.04. The fourth-order valence-electron chi connectivity index (χ4n) is 2.41. The molecule has 0 aliphatic carbocycles. The van der Waals surface area contributed by atoms with Crippen molar-refractivity contribution in [2.75, 3.05) is 5.32 Å². The fraction of sp³-hybridized carbons (Fsp3) is 0.375. The minimum absolute atomic E-state index is 0.0686. The van der Waals surface area contributed by atoms with E-state index in [1.165, 1.54) is 6.07 Å². The van der Waals surface area contributed by atoms with Gasteiger partial charge in [-0.15, -0.1) is 0 Å². The van der Waals surface area contributed by atoms with Crippen molar-refractivity contribution in [2.24, 2.45) is 0 Å². The number of anilines is 1. The minimum atomic E-state index is -0.785. The van der Waals surface area contributed by atoms with Gasteiger partial charge in [0.1, 0.15) is 6.04 Å². The topological polar surface area (TPSA) is 104 Å². The lowest BCUT2D eigenvalue weighted by atomic mass is 10.0. The van der Waals surface area contributed by atoms with Gasteiger partial charge in [-0.3, -0.25) is 24.5 Å². The summed E-state index contributed by atoms with van der Waals surface area (Å²) >= 11 is 0. The van der Waals surface area contributed by atoms with E-state index in [0.717, 1.165) is 0 Å². The summed E-state index contributed by atoms with van der Waals surface area (Å²) in [6.07, 6.45) is 1.01. The number of imide groups is 1. The largest absolute Gasteiger partial charge is 0.382 e. The first-order chi connectivity index (χ1) is 10.9. The Morgan fingerprint density at radius 3 is 2.70 bits per heavy atom. The molecule has 1 aromatic rings. The maximum absolute atomic E-state index is 12.5. The SMILES string of the molecule is CC(C)Nc1cccc(C=O)c1C(=O)NC1CCC(=O)NC1=O. The number of hydrogen-bond acceptors (Lipinski definition) is 5. The molecule has 3 N–H and O–H groups in total. The van der Waals surface area contributed by atoms with Crippen molar-refractivity contribution in [1.82, 2.24) is 10.6 Å². The second-order valence-electron chi connectivity index (χ2n) is 5.66. The number of piperidine rings is 1. The van der Waals surface area contributed by atoms with Crippen LogP contribution in [-0.2, 0) is 9.59 Å². The van der Waals surface area contributed by atoms with Crippen molar-refractivity contribution in [3.8, 4) is 0 Å². The summed E-state index contributed by atoms with van der Waals surface area (Å²) < 4.78 is 0. The third-order valence-corrected chi connectivity index (χ3v) is 3.44. The van der Waals surface area contributed by atoms with E-state index in [-0.39, 0.29) is 35.9 Å². The molecular weight excluding hydrogens is 298 g/mol. The first kappa shape index (κ1) is 16.7. The van der Waals surface area contributed by atoms with Gasteiger partial charge >= 0.3 is 0 Å². The molecule has 1 aliphatic rings. The maximum atomic E-state index is 12.5. The van der Waals surface area contributed by atoms with Crippen molar-refractivity contribution in [3.63, 3.8) is 0 Å². The van der Waals surface area contributed by atoms with Gasteiger partial charge in [0.05, 0.1) is 5.56 Å². The van der Waals surface area contributed by atoms with Crippen LogP contribution in [0.2, 0.25) is 0 Å². The molecule has 7 nitrogen and oxygen atoms in total. The molecule has 1 aromatic carbocycles. The van der Waals surface area contributed by atoms with Gasteiger partial charge in [0.25, 0.3) is 5.91 Å². The Labute approximate surface area is 133 Å². The van der Waals surface area contributed by atoms with Gasteiger partial charge in [-0.25, -0.2) is 0 Å². The lowest BCUT2D eigenvalue weighted by Crippen LogP contribution is -2.52. The molecule has 122 valence electrons. The van der Waals surface area contributed by atoms with Crippen LogP contribution < -0.4 is 16.0 Å². The monoisotopic (exact) mass is 317 g/mol. The van der Waals surface area contributed by atoms with Gasteiger partial charge in [-0.05, 0) is 26.3 Å². The molecular formula is C16H19N3O4. The lowest BCUT2D eigenvalue weighted by molar-refractivity contribution is -0.134. The number of amides is 3. The molecule has 1 fully saturated rings. The second-order valence-corrected chi connectivity index (χ2v) is 5.66. The lowest BCUT2D eigenvalue weighted by Gasteiger charge is -2.23. The van der Waals surface area contributed by atoms with Gasteiger partial charge in [-0.1, -0.05) is 12.1 Å². The summed E-state index contributed by atoms with van der Waals surface area (Å²) in [5.74, 6) is -1.40. The highest BCUT2D eigenvalue weighted by molar-refractivity contribution is 6.09. The Morgan fingerprint density at radius 1 is 1.35 bits per heavy atom. The summed E-state index contributed by atoms with van der Waals surface area (Å²) in [6, 6.07) is 4.20. The van der Waals surface area contributed by atoms with Gasteiger partial charge < -0.3 is 10.6 Å². The molecule has 0 radical (unpaired) electrons. The van der Waals surface area contributed by atoms with Crippen LogP contribution in [-0.4, -0.2) is 36.1 Å². The molecule has 0 saturated carbocycles. The number of carbonyl (C=O) groups excluding carboxylic acids is 4. The van der Waals surface area contributed by atoms with Crippen molar-refractivity contribution >= 4 is 29.7 Å². The van der Waals surface area contributed by atoms with Crippen molar-refractivity contribution in [1.29, 1.82) is 0 Å². The van der Waals surface area contributed by atoms with Gasteiger partial charge in [0.15, 0.2) is 6.29 Å². The molecule has 0 aromatic heterocycles. The van der Waals surface area contributed by atoms with Crippen LogP contribution in [0.4, 0.5) is 5.69 Å². The molecule has 7 heteroatoms. The zero-order chi connectivity index (χ0) is 17.0. The van der Waals surface area contributed by atoms with Gasteiger partial charge in [-0.2, -0.15) is 0 Å². The van der Waals surface area contributed by atoms with E-state index in [1.54, 1.807) is 12.1 Å². The van der Waals surface area contributed by atoms with E-state index in [4.69, 9.17) is 0 Å². The van der Waals surface area contributed by atoms with E-state index >= 15 is 0 Å². The summed E-state index contributed by atoms with van der Waals surface area (Å²) in [7, 11) is 0. The molecule has 23 heavy (non-hydrogen) atoms. The fourth-order valence-corrected chi connectivity index (χ4v) is 2.41. The predicted molar refractivity (Wildman–Crippen MR) is 84.2 cm³/mol. The highest BCUT2D eigenvalue weighted by Crippen LogP contribution is 2.20. The highest BCUT2D eigenvalue weighted by Gasteiger charge is 2.29. The average Bonchev–Trinajstić information content (AvgIpc) is 2.49. The number of carbonyl (C=O) groups is 4. The number of nitrogens with one attached hydrogen (secondary N) is 3. The van der Waals surface area contributed by atoms with E-state index in [2.05, 4.69) is 16.0 Å². The zero-order valence-electron chi connectivity index (χ0n) is 13.0. The molecule has 0 bridgehead atoms. The van der Waals surface area contributed by atoms with Crippen LogP contribution in [0.25, 0.3) is 0 Å². The Hall–Kier alpha value is -2.70. The van der Waals surface area contributed by atoms with Crippen LogP contribution in [0.3, 0.4) is 0 Å². The molecule has 1 saturated heterocycles. The Kier molecular flexibility index (Phi) is 5.10. The van der Waals surface area contributed by atoms with Gasteiger partial charge in [0.2, 0.25) is 11.8 Å². The van der Waals surface area contributed by atoms with E-state index in [9.17, 15) is 19.2 Å². The summed E-state index contributed by atoms with van der Waals surface area (Å²) in [6.45, 7) is 3.82. The number of hydrogen-bond donors (Lipinski definition) is 3. The van der Waals surface area contributed by atoms with Gasteiger partial charge in [0, 0.05) is 23.7 Å². The van der Waals surface area contributed by atoms with Crippen molar-refractivity contribution < 1.29 is 19.2 Å². The molecule has 2 rings (SSSR count). The molecule has 3 amide bonds. The third kappa shape index (κ3) is 3.94. The Morgan fingerprint density at radius 2 is 2.09 bits per heavy atom. The molecule has 1 heterocycles. The Balaban J connectivity index is 2.25. The molecule has 1 unspecified atom stereocenters. The van der Waals surface area contributed by atoms with Crippen LogP contribution in [0.15, 0.2) is 18.2 Å². The quantitative estimate of drug-likeness (QED) is 0.552. The average molecular weight is 317 g/mol. The van der Waals surface area contributed by atoms with E-state index in [0.29, 0.717) is 12.0 Å². The van der Waals surface area contributed by atoms with Crippen molar-refractivity contribution in [3.05, 3.63) is 29.3 Å². The number of rotatable bonds is 5. The summed E-state index contributed by atoms with van der Waals surface area (Å²) in [5.41, 5.74) is 0.954. The van der Waals surface area contributed by atoms with Crippen LogP contribution >= 0.6 is 0 Å². The van der Waals surface area contributed by atoms with Crippen molar-refractivity contribution in [2.45, 2.75) is 38.8 Å². The first-order valence-electron chi connectivity index (χ1n) is 7.41. The molecule has 0 spiro atoms. The van der Waals surface area contributed by atoms with Crippen LogP contribution in [0.5, 0.6) is 0 Å². The maximum Gasteiger partial charge on any atom is 0.254 e. The standard InChI is InChI=1S/C16H19N3O4/c1-9(2)17-11-5-3-4-10(8-20)14(11)16(23)18-12-6-7-13(21)19-15(12)22/h3-5,8-9,12,17H,6-7H2,1-2H3,(H,18,23)(H,19,21,22). The highest BCUT2D eigenvalue weighted by atomic mass is 16.2. The van der Waals surface area contributed by atoms with E-state index < -0.39 is 17.9 Å². The predicted octanol–water partition coefficient (Wildman–Crippen LogP) is 0.854.